The van der Waals surface area contributed by atoms with Crippen LogP contribution in [0.2, 0.25) is 0 Å². The fourth-order valence-corrected chi connectivity index (χ4v) is 3.49. The predicted molar refractivity (Wildman–Crippen MR) is 84.0 cm³/mol. The summed E-state index contributed by atoms with van der Waals surface area (Å²) in [6.07, 6.45) is 4.91. The molecule has 1 aliphatic rings. The lowest BCUT2D eigenvalue weighted by Crippen LogP contribution is -2.26. The van der Waals surface area contributed by atoms with E-state index < -0.39 is 0 Å². The summed E-state index contributed by atoms with van der Waals surface area (Å²) in [5.41, 5.74) is 7.99. The van der Waals surface area contributed by atoms with Gasteiger partial charge in [0.1, 0.15) is 0 Å². The van der Waals surface area contributed by atoms with Crippen LogP contribution in [0.3, 0.4) is 0 Å². The zero-order valence-corrected chi connectivity index (χ0v) is 13.0. The predicted octanol–water partition coefficient (Wildman–Crippen LogP) is 4.15. The number of carbonyl (C=O) groups is 1. The topological polar surface area (TPSA) is 43.1 Å². The van der Waals surface area contributed by atoms with Gasteiger partial charge in [0, 0.05) is 5.56 Å². The molecular formula is C18H27NO. The van der Waals surface area contributed by atoms with Gasteiger partial charge in [0.05, 0.1) is 6.54 Å². The summed E-state index contributed by atoms with van der Waals surface area (Å²) in [6, 6.07) is 8.02. The molecule has 1 aromatic carbocycles. The molecule has 2 nitrogen and oxygen atoms in total. The van der Waals surface area contributed by atoms with E-state index in [4.69, 9.17) is 5.73 Å². The molecule has 0 atom stereocenters. The lowest BCUT2D eigenvalue weighted by Gasteiger charge is -2.37. The van der Waals surface area contributed by atoms with Crippen molar-refractivity contribution in [2.24, 2.45) is 17.1 Å². The largest absolute Gasteiger partial charge is 0.324 e. The van der Waals surface area contributed by atoms with E-state index in [1.54, 1.807) is 0 Å². The normalized spacial score (nSPS) is 23.6. The first-order chi connectivity index (χ1) is 9.43. The first-order valence-electron chi connectivity index (χ1n) is 7.75. The maximum Gasteiger partial charge on any atom is 0.176 e. The van der Waals surface area contributed by atoms with Gasteiger partial charge in [0.15, 0.2) is 5.78 Å². The van der Waals surface area contributed by atoms with Crippen LogP contribution in [0.25, 0.3) is 0 Å². The van der Waals surface area contributed by atoms with Crippen molar-refractivity contribution in [2.45, 2.75) is 52.4 Å². The first kappa shape index (κ1) is 15.2. The Labute approximate surface area is 122 Å². The van der Waals surface area contributed by atoms with Crippen LogP contribution in [-0.4, -0.2) is 12.3 Å². The Bertz CT molecular complexity index is 465. The Morgan fingerprint density at radius 2 is 1.75 bits per heavy atom. The minimum absolute atomic E-state index is 0.0681. The molecule has 1 aromatic rings. The van der Waals surface area contributed by atoms with Gasteiger partial charge in [-0.3, -0.25) is 4.79 Å². The van der Waals surface area contributed by atoms with Crippen LogP contribution in [0.4, 0.5) is 0 Å². The zero-order valence-electron chi connectivity index (χ0n) is 13.0. The number of rotatable bonds is 3. The second kappa shape index (κ2) is 6.09. The summed E-state index contributed by atoms with van der Waals surface area (Å²) in [5, 5.41) is 0. The molecule has 1 aliphatic carbocycles. The van der Waals surface area contributed by atoms with Crippen LogP contribution in [0.15, 0.2) is 24.3 Å². The van der Waals surface area contributed by atoms with Gasteiger partial charge in [0.25, 0.3) is 0 Å². The number of Topliss-reactive ketones (excluding diaryl/α,β-unsaturated/α-hetero) is 1. The van der Waals surface area contributed by atoms with E-state index >= 15 is 0 Å². The number of hydrogen-bond donors (Lipinski definition) is 1. The summed E-state index contributed by atoms with van der Waals surface area (Å²) in [6.45, 7) is 7.12. The number of benzene rings is 1. The van der Waals surface area contributed by atoms with Crippen LogP contribution in [-0.2, 0) is 0 Å². The van der Waals surface area contributed by atoms with Crippen molar-refractivity contribution in [2.75, 3.05) is 6.54 Å². The number of hydrogen-bond acceptors (Lipinski definition) is 2. The Hall–Kier alpha value is -1.15. The molecule has 0 bridgehead atoms. The minimum Gasteiger partial charge on any atom is -0.324 e. The maximum absolute atomic E-state index is 12.0. The standard InChI is InChI=1S/C18H27NO/c1-18(2,3)14-10-8-13(9-11-14)15-6-4-5-7-16(15)17(20)12-19/h4-7,13-14H,8-12,19H2,1-3H3. The average molecular weight is 273 g/mol. The quantitative estimate of drug-likeness (QED) is 0.841. The smallest absolute Gasteiger partial charge is 0.176 e. The van der Waals surface area contributed by atoms with Crippen molar-refractivity contribution < 1.29 is 4.79 Å². The molecular weight excluding hydrogens is 246 g/mol. The third kappa shape index (κ3) is 3.29. The molecule has 0 aromatic heterocycles. The summed E-state index contributed by atoms with van der Waals surface area (Å²) in [4.78, 5) is 12.0. The fraction of sp³-hybridized carbons (Fsp3) is 0.611. The van der Waals surface area contributed by atoms with Crippen LogP contribution in [0.1, 0.15) is 68.3 Å². The van der Waals surface area contributed by atoms with E-state index in [2.05, 4.69) is 26.8 Å². The monoisotopic (exact) mass is 273 g/mol. The molecule has 1 saturated carbocycles. The Morgan fingerprint density at radius 1 is 1.15 bits per heavy atom. The molecule has 1 fully saturated rings. The van der Waals surface area contributed by atoms with Gasteiger partial charge in [-0.2, -0.15) is 0 Å². The molecule has 110 valence electrons. The lowest BCUT2D eigenvalue weighted by molar-refractivity contribution is 0.0998. The third-order valence-electron chi connectivity index (χ3n) is 4.84. The minimum atomic E-state index is 0.0681. The van der Waals surface area contributed by atoms with E-state index in [-0.39, 0.29) is 12.3 Å². The Kier molecular flexibility index (Phi) is 4.64. The van der Waals surface area contributed by atoms with Crippen LogP contribution < -0.4 is 5.73 Å². The highest BCUT2D eigenvalue weighted by molar-refractivity contribution is 5.99. The van der Waals surface area contributed by atoms with Gasteiger partial charge >= 0.3 is 0 Å². The van der Waals surface area contributed by atoms with Crippen LogP contribution in [0, 0.1) is 11.3 Å². The molecule has 0 heterocycles. The van der Waals surface area contributed by atoms with E-state index in [0.717, 1.165) is 11.5 Å². The van der Waals surface area contributed by atoms with Crippen molar-refractivity contribution in [3.8, 4) is 0 Å². The molecule has 0 amide bonds. The summed E-state index contributed by atoms with van der Waals surface area (Å²) < 4.78 is 0. The highest BCUT2D eigenvalue weighted by Gasteiger charge is 2.31. The average Bonchev–Trinajstić information content (AvgIpc) is 2.45. The molecule has 0 aliphatic heterocycles. The molecule has 2 rings (SSSR count). The highest BCUT2D eigenvalue weighted by Crippen LogP contribution is 2.43. The molecule has 20 heavy (non-hydrogen) atoms. The Balaban J connectivity index is 2.13. The van der Waals surface area contributed by atoms with E-state index in [0.29, 0.717) is 11.3 Å². The summed E-state index contributed by atoms with van der Waals surface area (Å²) >= 11 is 0. The molecule has 0 saturated heterocycles. The van der Waals surface area contributed by atoms with E-state index in [1.165, 1.54) is 31.2 Å². The highest BCUT2D eigenvalue weighted by atomic mass is 16.1. The van der Waals surface area contributed by atoms with E-state index in [1.807, 2.05) is 18.2 Å². The zero-order chi connectivity index (χ0) is 14.8. The second-order valence-electron chi connectivity index (χ2n) is 7.13. The molecule has 0 radical (unpaired) electrons. The number of carbonyl (C=O) groups excluding carboxylic acids is 1. The van der Waals surface area contributed by atoms with Crippen molar-refractivity contribution in [3.63, 3.8) is 0 Å². The van der Waals surface area contributed by atoms with Crippen molar-refractivity contribution in [1.29, 1.82) is 0 Å². The van der Waals surface area contributed by atoms with Crippen molar-refractivity contribution in [1.82, 2.24) is 0 Å². The molecule has 2 N–H and O–H groups in total. The molecule has 0 unspecified atom stereocenters. The van der Waals surface area contributed by atoms with Gasteiger partial charge in [0.2, 0.25) is 0 Å². The van der Waals surface area contributed by atoms with Gasteiger partial charge < -0.3 is 5.73 Å². The fourth-order valence-electron chi connectivity index (χ4n) is 3.49. The van der Waals surface area contributed by atoms with Crippen LogP contribution >= 0.6 is 0 Å². The van der Waals surface area contributed by atoms with Gasteiger partial charge in [-0.05, 0) is 48.5 Å². The first-order valence-corrected chi connectivity index (χ1v) is 7.75. The second-order valence-corrected chi connectivity index (χ2v) is 7.13. The van der Waals surface area contributed by atoms with Gasteiger partial charge in [-0.15, -0.1) is 0 Å². The van der Waals surface area contributed by atoms with Crippen molar-refractivity contribution in [3.05, 3.63) is 35.4 Å². The van der Waals surface area contributed by atoms with E-state index in [9.17, 15) is 4.79 Å². The SMILES string of the molecule is CC(C)(C)C1CCC(c2ccccc2C(=O)CN)CC1. The van der Waals surface area contributed by atoms with Crippen molar-refractivity contribution >= 4 is 5.78 Å². The van der Waals surface area contributed by atoms with Crippen LogP contribution in [0.5, 0.6) is 0 Å². The third-order valence-corrected chi connectivity index (χ3v) is 4.84. The summed E-state index contributed by atoms with van der Waals surface area (Å²) in [5.74, 6) is 1.40. The molecule has 0 spiro atoms. The number of ketones is 1. The lowest BCUT2D eigenvalue weighted by atomic mass is 9.68. The maximum atomic E-state index is 12.0. The summed E-state index contributed by atoms with van der Waals surface area (Å²) in [7, 11) is 0. The van der Waals surface area contributed by atoms with Gasteiger partial charge in [-0.25, -0.2) is 0 Å². The molecule has 2 heteroatoms. The Morgan fingerprint density at radius 3 is 2.30 bits per heavy atom. The van der Waals surface area contributed by atoms with Gasteiger partial charge in [-0.1, -0.05) is 45.0 Å². The number of nitrogens with two attached hydrogens (primary N) is 1.